The van der Waals surface area contributed by atoms with E-state index in [1.54, 1.807) is 9.80 Å². The molecule has 0 bridgehead atoms. The van der Waals surface area contributed by atoms with E-state index < -0.39 is 11.9 Å². The summed E-state index contributed by atoms with van der Waals surface area (Å²) < 4.78 is 0. The summed E-state index contributed by atoms with van der Waals surface area (Å²) in [7, 11) is 0. The molecule has 2 aliphatic rings. The fourth-order valence-electron chi connectivity index (χ4n) is 2.52. The van der Waals surface area contributed by atoms with Gasteiger partial charge >= 0.3 is 12.0 Å². The van der Waals surface area contributed by atoms with Gasteiger partial charge < -0.3 is 14.9 Å². The maximum absolute atomic E-state index is 12.2. The third-order valence-corrected chi connectivity index (χ3v) is 3.68. The molecule has 0 saturated carbocycles. The molecule has 1 N–H and O–H groups in total. The van der Waals surface area contributed by atoms with Crippen molar-refractivity contribution in [3.05, 3.63) is 4.91 Å². The van der Waals surface area contributed by atoms with E-state index in [9.17, 15) is 14.5 Å². The molecule has 0 aromatic heterocycles. The molecule has 19 heavy (non-hydrogen) atoms. The van der Waals surface area contributed by atoms with E-state index in [1.165, 1.54) is 5.01 Å². The topological polar surface area (TPSA) is 93.5 Å². The minimum Gasteiger partial charge on any atom is -0.481 e. The maximum Gasteiger partial charge on any atom is 0.320 e. The molecule has 8 nitrogen and oxygen atoms in total. The summed E-state index contributed by atoms with van der Waals surface area (Å²) in [5.74, 6) is -1.30. The molecule has 106 valence electrons. The zero-order valence-electron chi connectivity index (χ0n) is 10.7. The molecule has 2 fully saturated rings. The molecular formula is C11H18N4O4. The van der Waals surface area contributed by atoms with Crippen LogP contribution < -0.4 is 0 Å². The third kappa shape index (κ3) is 3.12. The van der Waals surface area contributed by atoms with Crippen molar-refractivity contribution in [2.75, 3.05) is 39.3 Å². The van der Waals surface area contributed by atoms with Crippen LogP contribution in [0.2, 0.25) is 0 Å². The van der Waals surface area contributed by atoms with Crippen molar-refractivity contribution >= 4 is 12.0 Å². The summed E-state index contributed by atoms with van der Waals surface area (Å²) in [5, 5.41) is 13.2. The van der Waals surface area contributed by atoms with Crippen molar-refractivity contribution in [2.45, 2.75) is 12.8 Å². The first-order valence-electron chi connectivity index (χ1n) is 6.46. The van der Waals surface area contributed by atoms with Crippen LogP contribution in [0.15, 0.2) is 5.29 Å². The molecular weight excluding hydrogens is 252 g/mol. The van der Waals surface area contributed by atoms with Crippen LogP contribution in [0.1, 0.15) is 12.8 Å². The molecule has 8 heteroatoms. The van der Waals surface area contributed by atoms with Crippen molar-refractivity contribution in [3.8, 4) is 0 Å². The minimum atomic E-state index is -0.840. The molecule has 2 rings (SSSR count). The number of urea groups is 1. The molecule has 0 aromatic carbocycles. The Morgan fingerprint density at radius 3 is 2.32 bits per heavy atom. The molecule has 2 saturated heterocycles. The second-order valence-electron chi connectivity index (χ2n) is 4.93. The number of likely N-dealkylation sites (tertiary alicyclic amines) is 1. The van der Waals surface area contributed by atoms with Crippen LogP contribution in [-0.4, -0.2) is 71.2 Å². The van der Waals surface area contributed by atoms with E-state index in [4.69, 9.17) is 5.11 Å². The number of carboxylic acid groups (broad SMARTS) is 1. The van der Waals surface area contributed by atoms with Gasteiger partial charge in [0.1, 0.15) is 0 Å². The number of piperazine rings is 1. The van der Waals surface area contributed by atoms with E-state index in [0.29, 0.717) is 39.1 Å². The van der Waals surface area contributed by atoms with Crippen LogP contribution in [0.5, 0.6) is 0 Å². The largest absolute Gasteiger partial charge is 0.481 e. The molecule has 0 radical (unpaired) electrons. The van der Waals surface area contributed by atoms with Crippen molar-refractivity contribution in [3.63, 3.8) is 0 Å². The van der Waals surface area contributed by atoms with Gasteiger partial charge in [0.2, 0.25) is 0 Å². The van der Waals surface area contributed by atoms with Gasteiger partial charge in [-0.05, 0) is 12.8 Å². The average Bonchev–Trinajstić information content (AvgIpc) is 2.46. The van der Waals surface area contributed by atoms with Crippen LogP contribution in [-0.2, 0) is 4.79 Å². The van der Waals surface area contributed by atoms with Gasteiger partial charge in [0.15, 0.2) is 0 Å². The van der Waals surface area contributed by atoms with Crippen LogP contribution in [0, 0.1) is 10.8 Å². The highest BCUT2D eigenvalue weighted by molar-refractivity contribution is 5.76. The molecule has 0 aromatic rings. The number of nitrogens with zero attached hydrogens (tertiary/aromatic N) is 4. The fraction of sp³-hybridized carbons (Fsp3) is 0.818. The Hall–Kier alpha value is -1.86. The summed E-state index contributed by atoms with van der Waals surface area (Å²) in [6.07, 6.45) is 1.35. The van der Waals surface area contributed by atoms with Gasteiger partial charge in [-0.15, -0.1) is 4.91 Å². The smallest absolute Gasteiger partial charge is 0.320 e. The van der Waals surface area contributed by atoms with E-state index >= 15 is 0 Å². The van der Waals surface area contributed by atoms with Gasteiger partial charge in [0, 0.05) is 26.2 Å². The lowest BCUT2D eigenvalue weighted by atomic mass is 9.98. The lowest BCUT2D eigenvalue weighted by molar-refractivity contribution is -0.143. The average molecular weight is 270 g/mol. The predicted molar refractivity (Wildman–Crippen MR) is 66.3 cm³/mol. The maximum atomic E-state index is 12.2. The number of nitroso groups, excluding NO2 is 1. The molecule has 1 atom stereocenters. The number of hydrogen-bond acceptors (Lipinski definition) is 4. The number of piperidine rings is 1. The first-order chi connectivity index (χ1) is 9.11. The van der Waals surface area contributed by atoms with E-state index in [1.807, 2.05) is 0 Å². The van der Waals surface area contributed by atoms with Gasteiger partial charge in [0.05, 0.1) is 24.3 Å². The fourth-order valence-corrected chi connectivity index (χ4v) is 2.52. The summed E-state index contributed by atoms with van der Waals surface area (Å²) in [6.45, 7) is 2.67. The summed E-state index contributed by atoms with van der Waals surface area (Å²) in [5.41, 5.74) is 0. The standard InChI is InChI=1S/C11H18N4O4/c16-10(17)9-2-1-3-14(8-9)11(18)13-4-6-15(12-19)7-5-13/h9H,1-8H2,(H,16,17). The highest BCUT2D eigenvalue weighted by atomic mass is 16.4. The Morgan fingerprint density at radius 2 is 1.74 bits per heavy atom. The second-order valence-corrected chi connectivity index (χ2v) is 4.93. The van der Waals surface area contributed by atoms with E-state index in [0.717, 1.165) is 6.42 Å². The highest BCUT2D eigenvalue weighted by Gasteiger charge is 2.31. The van der Waals surface area contributed by atoms with Crippen LogP contribution >= 0.6 is 0 Å². The van der Waals surface area contributed by atoms with Crippen molar-refractivity contribution in [1.82, 2.24) is 14.8 Å². The Kier molecular flexibility index (Phi) is 4.18. The van der Waals surface area contributed by atoms with Gasteiger partial charge in [-0.3, -0.25) is 9.80 Å². The molecule has 0 aliphatic carbocycles. The number of carbonyl (C=O) groups excluding carboxylic acids is 1. The minimum absolute atomic E-state index is 0.128. The Morgan fingerprint density at radius 1 is 1.05 bits per heavy atom. The molecule has 2 amide bonds. The molecule has 2 heterocycles. The lowest BCUT2D eigenvalue weighted by Gasteiger charge is -2.38. The first kappa shape index (κ1) is 13.6. The van der Waals surface area contributed by atoms with Crippen LogP contribution in [0.25, 0.3) is 0 Å². The second kappa shape index (κ2) is 5.85. The highest BCUT2D eigenvalue weighted by Crippen LogP contribution is 2.18. The Bertz CT molecular complexity index is 368. The van der Waals surface area contributed by atoms with Gasteiger partial charge in [0.25, 0.3) is 0 Å². The van der Waals surface area contributed by atoms with E-state index in [-0.39, 0.29) is 12.6 Å². The van der Waals surface area contributed by atoms with Crippen molar-refractivity contribution in [1.29, 1.82) is 0 Å². The molecule has 1 unspecified atom stereocenters. The number of carbonyl (C=O) groups is 2. The normalized spacial score (nSPS) is 24.2. The zero-order valence-corrected chi connectivity index (χ0v) is 10.7. The Balaban J connectivity index is 1.89. The zero-order chi connectivity index (χ0) is 13.8. The summed E-state index contributed by atoms with van der Waals surface area (Å²) in [6, 6.07) is -0.128. The monoisotopic (exact) mass is 270 g/mol. The predicted octanol–water partition coefficient (Wildman–Crippen LogP) is 0.202. The van der Waals surface area contributed by atoms with Gasteiger partial charge in [-0.2, -0.15) is 0 Å². The number of amides is 2. The Labute approximate surface area is 110 Å². The number of hydrogen-bond donors (Lipinski definition) is 1. The number of carboxylic acids is 1. The molecule has 2 aliphatic heterocycles. The lowest BCUT2D eigenvalue weighted by Crippen LogP contribution is -2.54. The summed E-state index contributed by atoms with van der Waals surface area (Å²) in [4.78, 5) is 36.8. The van der Waals surface area contributed by atoms with Crippen molar-refractivity contribution < 1.29 is 14.7 Å². The third-order valence-electron chi connectivity index (χ3n) is 3.68. The van der Waals surface area contributed by atoms with Crippen molar-refractivity contribution in [2.24, 2.45) is 11.2 Å². The van der Waals surface area contributed by atoms with Crippen LogP contribution in [0.4, 0.5) is 4.79 Å². The van der Waals surface area contributed by atoms with Gasteiger partial charge in [-0.25, -0.2) is 4.79 Å². The molecule has 0 spiro atoms. The summed E-state index contributed by atoms with van der Waals surface area (Å²) >= 11 is 0. The number of aliphatic carboxylic acids is 1. The van der Waals surface area contributed by atoms with Crippen LogP contribution in [0.3, 0.4) is 0 Å². The SMILES string of the molecule is O=NN1CCN(C(=O)N2CCCC(C(=O)O)C2)CC1. The van der Waals surface area contributed by atoms with Gasteiger partial charge in [-0.1, -0.05) is 0 Å². The van der Waals surface area contributed by atoms with E-state index in [2.05, 4.69) is 5.29 Å². The number of rotatable bonds is 2. The quantitative estimate of drug-likeness (QED) is 0.723. The first-order valence-corrected chi connectivity index (χ1v) is 6.46.